The molecular weight excluding hydrogens is 366 g/mol. The summed E-state index contributed by atoms with van der Waals surface area (Å²) in [4.78, 5) is 16.9. The van der Waals surface area contributed by atoms with Crippen LogP contribution < -0.4 is 10.3 Å². The molecule has 0 spiro atoms. The number of hydrogen-bond acceptors (Lipinski definition) is 5. The summed E-state index contributed by atoms with van der Waals surface area (Å²) in [6, 6.07) is 4.71. The third kappa shape index (κ3) is 3.64. The molecule has 2 heterocycles. The average molecular weight is 384 g/mol. The Morgan fingerprint density at radius 1 is 1.44 bits per heavy atom. The van der Waals surface area contributed by atoms with Crippen LogP contribution in [0.15, 0.2) is 28.0 Å². The van der Waals surface area contributed by atoms with Gasteiger partial charge in [-0.2, -0.15) is 0 Å². The summed E-state index contributed by atoms with van der Waals surface area (Å²) < 4.78 is 29.7. The molecular formula is C16H18ClN3O4S. The van der Waals surface area contributed by atoms with Gasteiger partial charge < -0.3 is 4.74 Å². The van der Waals surface area contributed by atoms with Crippen LogP contribution in [0.25, 0.3) is 0 Å². The lowest BCUT2D eigenvalue weighted by Crippen LogP contribution is -2.25. The van der Waals surface area contributed by atoms with Crippen LogP contribution in [-0.4, -0.2) is 43.0 Å². The Labute approximate surface area is 150 Å². The number of H-pyrrole nitrogens is 1. The molecule has 1 N–H and O–H groups in total. The highest BCUT2D eigenvalue weighted by atomic mass is 35.5. The Hall–Kier alpha value is -2.06. The molecule has 0 saturated carbocycles. The summed E-state index contributed by atoms with van der Waals surface area (Å²) in [5, 5.41) is 3.39. The maximum atomic E-state index is 12.6. The number of ether oxygens (including phenoxy) is 1. The summed E-state index contributed by atoms with van der Waals surface area (Å²) in [7, 11) is -1.54. The molecule has 1 saturated heterocycles. The van der Waals surface area contributed by atoms with Crippen molar-refractivity contribution in [3.05, 3.63) is 44.8 Å². The van der Waals surface area contributed by atoms with Gasteiger partial charge in [-0.1, -0.05) is 11.6 Å². The van der Waals surface area contributed by atoms with Crippen LogP contribution in [-0.2, 0) is 9.84 Å². The second-order valence-corrected chi connectivity index (χ2v) is 8.60. The van der Waals surface area contributed by atoms with Crippen molar-refractivity contribution in [1.82, 2.24) is 9.78 Å². The molecule has 1 atom stereocenters. The minimum Gasteiger partial charge on any atom is -0.495 e. The Balaban J connectivity index is 1.89. The number of hydrogen-bond donors (Lipinski definition) is 1. The van der Waals surface area contributed by atoms with Crippen molar-refractivity contribution in [2.45, 2.75) is 19.4 Å². The van der Waals surface area contributed by atoms with Crippen molar-refractivity contribution < 1.29 is 13.2 Å². The first kappa shape index (κ1) is 17.8. The van der Waals surface area contributed by atoms with Gasteiger partial charge in [0.25, 0.3) is 5.56 Å². The molecule has 7 nitrogen and oxygen atoms in total. The lowest BCUT2D eigenvalue weighted by atomic mass is 10.2. The standard InChI is InChI=1S/C16H18ClN3O4S/c1-10-13(8-18-11-3-4-15(24-2)14(17)7-11)16(21)20(19-10)12-5-6-25(22,23)9-12/h3-4,7-8,12,19H,5-6,9H2,1-2H3/t12-/m1/s1. The van der Waals surface area contributed by atoms with Crippen LogP contribution in [0.1, 0.15) is 23.7 Å². The third-order valence-electron chi connectivity index (χ3n) is 4.19. The van der Waals surface area contributed by atoms with Crippen LogP contribution in [0.2, 0.25) is 5.02 Å². The van der Waals surface area contributed by atoms with Gasteiger partial charge in [0.1, 0.15) is 5.75 Å². The number of nitrogens with one attached hydrogen (secondary N) is 1. The summed E-state index contributed by atoms with van der Waals surface area (Å²) in [6.07, 6.45) is 1.90. The molecule has 1 aromatic carbocycles. The highest BCUT2D eigenvalue weighted by Crippen LogP contribution is 2.28. The van der Waals surface area contributed by atoms with E-state index in [9.17, 15) is 13.2 Å². The zero-order valence-electron chi connectivity index (χ0n) is 13.8. The summed E-state index contributed by atoms with van der Waals surface area (Å²) >= 11 is 6.06. The van der Waals surface area contributed by atoms with Crippen LogP contribution in [0.5, 0.6) is 5.75 Å². The van der Waals surface area contributed by atoms with Gasteiger partial charge in [0, 0.05) is 11.9 Å². The normalized spacial score (nSPS) is 19.6. The minimum absolute atomic E-state index is 0.0163. The van der Waals surface area contributed by atoms with Crippen LogP contribution in [0, 0.1) is 6.92 Å². The van der Waals surface area contributed by atoms with E-state index >= 15 is 0 Å². The number of aryl methyl sites for hydroxylation is 1. The Bertz CT molecular complexity index is 991. The molecule has 0 unspecified atom stereocenters. The van der Waals surface area contributed by atoms with E-state index in [1.54, 1.807) is 25.1 Å². The predicted molar refractivity (Wildman–Crippen MR) is 97.4 cm³/mol. The van der Waals surface area contributed by atoms with Crippen molar-refractivity contribution in [1.29, 1.82) is 0 Å². The van der Waals surface area contributed by atoms with Crippen molar-refractivity contribution in [3.8, 4) is 5.75 Å². The Morgan fingerprint density at radius 2 is 2.20 bits per heavy atom. The zero-order valence-corrected chi connectivity index (χ0v) is 15.4. The monoisotopic (exact) mass is 383 g/mol. The second-order valence-electron chi connectivity index (χ2n) is 5.96. The molecule has 134 valence electrons. The van der Waals surface area contributed by atoms with Crippen LogP contribution in [0.4, 0.5) is 5.69 Å². The fourth-order valence-corrected chi connectivity index (χ4v) is 4.80. The van der Waals surface area contributed by atoms with Crippen molar-refractivity contribution in [2.24, 2.45) is 4.99 Å². The molecule has 0 amide bonds. The zero-order chi connectivity index (χ0) is 18.2. The summed E-state index contributed by atoms with van der Waals surface area (Å²) in [6.45, 7) is 1.75. The van der Waals surface area contributed by atoms with E-state index in [2.05, 4.69) is 10.1 Å². The first-order valence-electron chi connectivity index (χ1n) is 7.70. The largest absolute Gasteiger partial charge is 0.495 e. The van der Waals surface area contributed by atoms with E-state index < -0.39 is 9.84 Å². The van der Waals surface area contributed by atoms with Crippen molar-refractivity contribution >= 4 is 33.3 Å². The molecule has 0 aliphatic carbocycles. The fourth-order valence-electron chi connectivity index (χ4n) is 2.84. The predicted octanol–water partition coefficient (Wildman–Crippen LogP) is 2.26. The fraction of sp³-hybridized carbons (Fsp3) is 0.375. The maximum absolute atomic E-state index is 12.6. The molecule has 3 rings (SSSR count). The van der Waals surface area contributed by atoms with Gasteiger partial charge in [0.15, 0.2) is 9.84 Å². The van der Waals surface area contributed by atoms with Gasteiger partial charge in [-0.25, -0.2) is 13.1 Å². The van der Waals surface area contributed by atoms with Gasteiger partial charge in [0.2, 0.25) is 0 Å². The van der Waals surface area contributed by atoms with E-state index in [0.717, 1.165) is 0 Å². The first-order valence-corrected chi connectivity index (χ1v) is 9.90. The van der Waals surface area contributed by atoms with E-state index in [-0.39, 0.29) is 23.1 Å². The summed E-state index contributed by atoms with van der Waals surface area (Å²) in [5.41, 5.74) is 1.35. The third-order valence-corrected chi connectivity index (χ3v) is 6.24. The maximum Gasteiger partial charge on any atom is 0.275 e. The van der Waals surface area contributed by atoms with Gasteiger partial charge in [0.05, 0.1) is 40.9 Å². The number of aromatic amines is 1. The Kier molecular flexibility index (Phi) is 4.75. The molecule has 9 heteroatoms. The van der Waals surface area contributed by atoms with Crippen LogP contribution in [0.3, 0.4) is 0 Å². The lowest BCUT2D eigenvalue weighted by Gasteiger charge is -2.07. The van der Waals surface area contributed by atoms with E-state index in [4.69, 9.17) is 16.3 Å². The molecule has 0 radical (unpaired) electrons. The highest BCUT2D eigenvalue weighted by Gasteiger charge is 2.31. The molecule has 1 fully saturated rings. The van der Waals surface area contributed by atoms with Gasteiger partial charge >= 0.3 is 0 Å². The molecule has 1 aromatic heterocycles. The smallest absolute Gasteiger partial charge is 0.275 e. The van der Waals surface area contributed by atoms with Crippen LogP contribution >= 0.6 is 11.6 Å². The number of halogens is 1. The number of aromatic nitrogens is 2. The molecule has 1 aliphatic heterocycles. The van der Waals surface area contributed by atoms with Gasteiger partial charge in [-0.05, 0) is 31.5 Å². The van der Waals surface area contributed by atoms with E-state index in [1.807, 2.05) is 0 Å². The van der Waals surface area contributed by atoms with Gasteiger partial charge in [-0.3, -0.25) is 14.9 Å². The number of sulfone groups is 1. The number of methoxy groups -OCH3 is 1. The van der Waals surface area contributed by atoms with E-state index in [0.29, 0.717) is 34.1 Å². The lowest BCUT2D eigenvalue weighted by molar-refractivity contribution is 0.415. The average Bonchev–Trinajstić information content (AvgIpc) is 3.05. The van der Waals surface area contributed by atoms with E-state index in [1.165, 1.54) is 18.0 Å². The first-order chi connectivity index (χ1) is 11.8. The second kappa shape index (κ2) is 6.68. The highest BCUT2D eigenvalue weighted by molar-refractivity contribution is 7.91. The topological polar surface area (TPSA) is 93.5 Å². The molecule has 1 aliphatic rings. The summed E-state index contributed by atoms with van der Waals surface area (Å²) in [5.74, 6) is 0.635. The number of nitrogens with zero attached hydrogens (tertiary/aromatic N) is 2. The SMILES string of the molecule is COc1ccc(N=Cc2c(C)[nH]n([C@@H]3CCS(=O)(=O)C3)c2=O)cc1Cl. The number of rotatable bonds is 4. The molecule has 2 aromatic rings. The van der Waals surface area contributed by atoms with Gasteiger partial charge in [-0.15, -0.1) is 0 Å². The number of benzene rings is 1. The number of aliphatic imine (C=N–C) groups is 1. The molecule has 25 heavy (non-hydrogen) atoms. The van der Waals surface area contributed by atoms with Crippen molar-refractivity contribution in [3.63, 3.8) is 0 Å². The molecule has 0 bridgehead atoms. The minimum atomic E-state index is -3.07. The Morgan fingerprint density at radius 3 is 2.80 bits per heavy atom. The quantitative estimate of drug-likeness (QED) is 0.819. The van der Waals surface area contributed by atoms with Crippen molar-refractivity contribution in [2.75, 3.05) is 18.6 Å².